The Kier molecular flexibility index (Phi) is 7.90. The summed E-state index contributed by atoms with van der Waals surface area (Å²) >= 11 is 0. The maximum atomic E-state index is 11.6. The van der Waals surface area contributed by atoms with Gasteiger partial charge in [0.1, 0.15) is 36.9 Å². The molecule has 1 amide bonds. The number of carbonyl (C=O) groups excluding carboxylic acids is 1. The van der Waals surface area contributed by atoms with Gasteiger partial charge in [-0.1, -0.05) is 39.0 Å². The van der Waals surface area contributed by atoms with E-state index in [9.17, 15) is 4.79 Å². The highest BCUT2D eigenvalue weighted by Crippen LogP contribution is 2.31. The second-order valence-corrected chi connectivity index (χ2v) is 7.53. The average Bonchev–Trinajstić information content (AvgIpc) is 2.69. The molecule has 0 aromatic heterocycles. The maximum Gasteiger partial charge on any atom is 0.234 e. The second kappa shape index (κ2) is 10.4. The first-order chi connectivity index (χ1) is 13.8. The van der Waals surface area contributed by atoms with E-state index in [1.54, 1.807) is 19.2 Å². The van der Waals surface area contributed by atoms with E-state index in [0.29, 0.717) is 24.7 Å². The summed E-state index contributed by atoms with van der Waals surface area (Å²) in [4.78, 5) is 11.6. The molecule has 0 spiro atoms. The monoisotopic (exact) mass is 396 g/mol. The largest absolute Gasteiger partial charge is 0.497 e. The minimum Gasteiger partial charge on any atom is -0.497 e. The molecule has 0 fully saturated rings. The zero-order valence-corrected chi connectivity index (χ0v) is 17.5. The Balaban J connectivity index is 1.99. The van der Waals surface area contributed by atoms with Crippen LogP contribution in [-0.2, 0) is 16.8 Å². The Morgan fingerprint density at radius 2 is 1.76 bits per heavy atom. The van der Waals surface area contributed by atoms with Crippen molar-refractivity contribution in [2.45, 2.75) is 39.2 Å². The van der Waals surface area contributed by atoms with Crippen LogP contribution in [0.5, 0.6) is 17.2 Å². The normalized spacial score (nSPS) is 10.7. The fourth-order valence-corrected chi connectivity index (χ4v) is 2.79. The molecule has 0 saturated carbocycles. The zero-order chi connectivity index (χ0) is 21.3. The standard InChI is InChI=1S/C23H28N2O4/c1-23(2,3)19-7-5-6-8-20(19)28-13-14-29-21-15-18(27-4)10-9-17(21)16-25-22(26)11-12-24/h5-10,15H,11,13-14,16H2,1-4H3,(H,25,26). The van der Waals surface area contributed by atoms with Gasteiger partial charge >= 0.3 is 0 Å². The van der Waals surface area contributed by atoms with E-state index in [0.717, 1.165) is 16.9 Å². The second-order valence-electron chi connectivity index (χ2n) is 7.53. The molecule has 0 saturated heterocycles. The van der Waals surface area contributed by atoms with Gasteiger partial charge in [0, 0.05) is 18.2 Å². The van der Waals surface area contributed by atoms with Gasteiger partial charge in [-0.3, -0.25) is 4.79 Å². The van der Waals surface area contributed by atoms with Crippen molar-refractivity contribution >= 4 is 5.91 Å². The first kappa shape index (κ1) is 22.1. The molecule has 154 valence electrons. The average molecular weight is 396 g/mol. The number of nitrogens with one attached hydrogen (secondary N) is 1. The molecular weight excluding hydrogens is 368 g/mol. The van der Waals surface area contributed by atoms with Gasteiger partial charge in [-0.15, -0.1) is 0 Å². The number of hydrogen-bond acceptors (Lipinski definition) is 5. The van der Waals surface area contributed by atoms with E-state index in [2.05, 4.69) is 32.2 Å². The number of hydrogen-bond donors (Lipinski definition) is 1. The van der Waals surface area contributed by atoms with Crippen LogP contribution in [-0.4, -0.2) is 26.2 Å². The van der Waals surface area contributed by atoms with Crippen molar-refractivity contribution in [3.63, 3.8) is 0 Å². The Hall–Kier alpha value is -3.20. The Bertz CT molecular complexity index is 866. The lowest BCUT2D eigenvalue weighted by Gasteiger charge is -2.22. The van der Waals surface area contributed by atoms with Crippen LogP contribution < -0.4 is 19.5 Å². The minimum atomic E-state index is -0.323. The number of methoxy groups -OCH3 is 1. The molecule has 29 heavy (non-hydrogen) atoms. The van der Waals surface area contributed by atoms with Crippen molar-refractivity contribution in [1.29, 1.82) is 5.26 Å². The van der Waals surface area contributed by atoms with Crippen molar-refractivity contribution in [3.8, 4) is 23.3 Å². The molecule has 1 N–H and O–H groups in total. The topological polar surface area (TPSA) is 80.6 Å². The number of carbonyl (C=O) groups is 1. The van der Waals surface area contributed by atoms with Crippen molar-refractivity contribution < 1.29 is 19.0 Å². The van der Waals surface area contributed by atoms with Gasteiger partial charge in [0.05, 0.1) is 13.2 Å². The Labute approximate surface area is 172 Å². The van der Waals surface area contributed by atoms with E-state index < -0.39 is 0 Å². The Morgan fingerprint density at radius 1 is 1.07 bits per heavy atom. The van der Waals surface area contributed by atoms with Crippen LogP contribution in [0.15, 0.2) is 42.5 Å². The summed E-state index contributed by atoms with van der Waals surface area (Å²) in [6, 6.07) is 15.2. The molecular formula is C23H28N2O4. The summed E-state index contributed by atoms with van der Waals surface area (Å²) in [7, 11) is 1.58. The highest BCUT2D eigenvalue weighted by atomic mass is 16.5. The third-order valence-electron chi connectivity index (χ3n) is 4.28. The molecule has 0 aliphatic heterocycles. The van der Waals surface area contributed by atoms with Gasteiger partial charge < -0.3 is 19.5 Å². The van der Waals surface area contributed by atoms with E-state index in [-0.39, 0.29) is 24.3 Å². The van der Waals surface area contributed by atoms with Gasteiger partial charge in [-0.25, -0.2) is 0 Å². The van der Waals surface area contributed by atoms with Crippen molar-refractivity contribution in [3.05, 3.63) is 53.6 Å². The summed E-state index contributed by atoms with van der Waals surface area (Å²) in [6.07, 6.45) is -0.173. The molecule has 2 aromatic rings. The highest BCUT2D eigenvalue weighted by molar-refractivity contribution is 5.78. The number of nitrogens with zero attached hydrogens (tertiary/aromatic N) is 1. The van der Waals surface area contributed by atoms with E-state index >= 15 is 0 Å². The number of ether oxygens (including phenoxy) is 3. The lowest BCUT2D eigenvalue weighted by molar-refractivity contribution is -0.120. The molecule has 0 heterocycles. The van der Waals surface area contributed by atoms with Crippen LogP contribution in [0, 0.1) is 11.3 Å². The van der Waals surface area contributed by atoms with E-state index in [1.807, 2.05) is 30.3 Å². The molecule has 0 unspecified atom stereocenters. The van der Waals surface area contributed by atoms with E-state index in [4.69, 9.17) is 19.5 Å². The molecule has 0 radical (unpaired) electrons. The molecule has 6 nitrogen and oxygen atoms in total. The molecule has 0 bridgehead atoms. The van der Waals surface area contributed by atoms with Gasteiger partial charge in [-0.05, 0) is 29.2 Å². The fourth-order valence-electron chi connectivity index (χ4n) is 2.79. The van der Waals surface area contributed by atoms with Gasteiger partial charge in [0.15, 0.2) is 0 Å². The molecule has 0 atom stereocenters. The number of rotatable bonds is 9. The SMILES string of the molecule is COc1ccc(CNC(=O)CC#N)c(OCCOc2ccccc2C(C)(C)C)c1. The molecule has 0 aliphatic rings. The minimum absolute atomic E-state index is 0.0148. The highest BCUT2D eigenvalue weighted by Gasteiger charge is 2.18. The lowest BCUT2D eigenvalue weighted by atomic mass is 9.86. The molecule has 2 rings (SSSR count). The quantitative estimate of drug-likeness (QED) is 0.649. The molecule has 6 heteroatoms. The summed E-state index contributed by atoms with van der Waals surface area (Å²) < 4.78 is 17.1. The lowest BCUT2D eigenvalue weighted by Crippen LogP contribution is -2.22. The van der Waals surface area contributed by atoms with Crippen LogP contribution in [0.4, 0.5) is 0 Å². The zero-order valence-electron chi connectivity index (χ0n) is 17.5. The van der Waals surface area contributed by atoms with Gasteiger partial charge in [-0.2, -0.15) is 5.26 Å². The van der Waals surface area contributed by atoms with Crippen molar-refractivity contribution in [2.24, 2.45) is 0 Å². The summed E-state index contributed by atoms with van der Waals surface area (Å²) in [6.45, 7) is 7.43. The predicted octanol–water partition coefficient (Wildman–Crippen LogP) is 3.98. The van der Waals surface area contributed by atoms with Crippen molar-refractivity contribution in [2.75, 3.05) is 20.3 Å². The molecule has 0 aliphatic carbocycles. The first-order valence-electron chi connectivity index (χ1n) is 9.51. The van der Waals surface area contributed by atoms with Crippen LogP contribution in [0.1, 0.15) is 38.3 Å². The smallest absolute Gasteiger partial charge is 0.234 e. The maximum absolute atomic E-state index is 11.6. The fraction of sp³-hybridized carbons (Fsp3) is 0.391. The van der Waals surface area contributed by atoms with Gasteiger partial charge in [0.25, 0.3) is 0 Å². The summed E-state index contributed by atoms with van der Waals surface area (Å²) in [5, 5.41) is 11.3. The summed E-state index contributed by atoms with van der Waals surface area (Å²) in [5.41, 5.74) is 1.92. The first-order valence-corrected chi connectivity index (χ1v) is 9.51. The third-order valence-corrected chi connectivity index (χ3v) is 4.28. The van der Waals surface area contributed by atoms with Gasteiger partial charge in [0.2, 0.25) is 5.91 Å². The number of nitriles is 1. The summed E-state index contributed by atoms with van der Waals surface area (Å²) in [5.74, 6) is 1.79. The predicted molar refractivity (Wildman–Crippen MR) is 111 cm³/mol. The number of amides is 1. The van der Waals surface area contributed by atoms with Crippen LogP contribution in [0.3, 0.4) is 0 Å². The Morgan fingerprint density at radius 3 is 2.41 bits per heavy atom. The third kappa shape index (κ3) is 6.72. The van der Waals surface area contributed by atoms with Crippen molar-refractivity contribution in [1.82, 2.24) is 5.32 Å². The number of benzene rings is 2. The molecule has 2 aromatic carbocycles. The van der Waals surface area contributed by atoms with Crippen LogP contribution in [0.2, 0.25) is 0 Å². The van der Waals surface area contributed by atoms with Crippen LogP contribution in [0.25, 0.3) is 0 Å². The van der Waals surface area contributed by atoms with Crippen LogP contribution >= 0.6 is 0 Å². The van der Waals surface area contributed by atoms with E-state index in [1.165, 1.54) is 0 Å². The number of para-hydroxylation sites is 1.